The van der Waals surface area contributed by atoms with Crippen LogP contribution in [0.3, 0.4) is 0 Å². The van der Waals surface area contributed by atoms with E-state index in [1.54, 1.807) is 25.3 Å². The van der Waals surface area contributed by atoms with Gasteiger partial charge >= 0.3 is 0 Å². The zero-order valence-electron chi connectivity index (χ0n) is 16.5. The SMILES string of the molecule is Cc1nc(C(C)O)sc1-c1csc(Nc2ccc(C(=O)N3C[C@H]4C[C@@H](C3)O4)cn2)n1. The highest BCUT2D eigenvalue weighted by molar-refractivity contribution is 7.17. The van der Waals surface area contributed by atoms with Gasteiger partial charge in [-0.05, 0) is 26.0 Å². The van der Waals surface area contributed by atoms with Crippen molar-refractivity contribution in [2.75, 3.05) is 18.4 Å². The fourth-order valence-electron chi connectivity index (χ4n) is 3.68. The molecule has 156 valence electrons. The van der Waals surface area contributed by atoms with Gasteiger partial charge in [0.25, 0.3) is 5.91 Å². The molecule has 0 radical (unpaired) electrons. The van der Waals surface area contributed by atoms with Crippen LogP contribution in [-0.2, 0) is 4.74 Å². The second-order valence-electron chi connectivity index (χ2n) is 7.56. The van der Waals surface area contributed by atoms with Gasteiger partial charge < -0.3 is 20.1 Å². The fraction of sp³-hybridized carbons (Fsp3) is 0.400. The number of hydrogen-bond donors (Lipinski definition) is 2. The molecule has 3 fully saturated rings. The van der Waals surface area contributed by atoms with Crippen LogP contribution >= 0.6 is 22.7 Å². The minimum absolute atomic E-state index is 0.00169. The Kier molecular flexibility index (Phi) is 5.02. The fourth-order valence-corrected chi connectivity index (χ4v) is 5.42. The summed E-state index contributed by atoms with van der Waals surface area (Å²) in [5.74, 6) is 0.626. The maximum Gasteiger partial charge on any atom is 0.255 e. The predicted octanol–water partition coefficient (Wildman–Crippen LogP) is 3.38. The molecular weight excluding hydrogens is 422 g/mol. The number of nitrogens with zero attached hydrogens (tertiary/aromatic N) is 4. The monoisotopic (exact) mass is 443 g/mol. The topological polar surface area (TPSA) is 100 Å². The van der Waals surface area contributed by atoms with Crippen LogP contribution < -0.4 is 5.32 Å². The molecule has 1 amide bonds. The normalized spacial score (nSPS) is 21.2. The molecule has 6 rings (SSSR count). The largest absolute Gasteiger partial charge is 0.386 e. The van der Waals surface area contributed by atoms with Gasteiger partial charge in [-0.3, -0.25) is 4.79 Å². The lowest BCUT2D eigenvalue weighted by Crippen LogP contribution is -2.58. The van der Waals surface area contributed by atoms with Gasteiger partial charge in [0.15, 0.2) is 5.13 Å². The Balaban J connectivity index is 1.26. The highest BCUT2D eigenvalue weighted by Crippen LogP contribution is 2.35. The lowest BCUT2D eigenvalue weighted by atomic mass is 9.98. The first-order chi connectivity index (χ1) is 14.5. The zero-order chi connectivity index (χ0) is 20.8. The Bertz CT molecular complexity index is 1060. The highest BCUT2D eigenvalue weighted by atomic mass is 32.1. The second-order valence-corrected chi connectivity index (χ2v) is 9.45. The van der Waals surface area contributed by atoms with Crippen molar-refractivity contribution < 1.29 is 14.6 Å². The number of nitrogens with one attached hydrogen (secondary N) is 1. The number of aromatic nitrogens is 3. The lowest BCUT2D eigenvalue weighted by Gasteiger charge is -2.46. The van der Waals surface area contributed by atoms with E-state index in [1.165, 1.54) is 22.7 Å². The number of carbonyl (C=O) groups is 1. The third kappa shape index (κ3) is 3.71. The number of aliphatic hydroxyl groups excluding tert-OH is 1. The van der Waals surface area contributed by atoms with E-state index in [2.05, 4.69) is 20.3 Å². The molecule has 30 heavy (non-hydrogen) atoms. The highest BCUT2D eigenvalue weighted by Gasteiger charge is 2.40. The number of rotatable bonds is 5. The van der Waals surface area contributed by atoms with Crippen LogP contribution in [0.25, 0.3) is 10.6 Å². The number of pyridine rings is 1. The van der Waals surface area contributed by atoms with Crippen molar-refractivity contribution in [1.82, 2.24) is 19.9 Å². The second kappa shape index (κ2) is 7.69. The molecule has 3 aromatic heterocycles. The summed E-state index contributed by atoms with van der Waals surface area (Å²) in [5, 5.41) is 16.3. The van der Waals surface area contributed by atoms with Crippen LogP contribution in [-0.4, -0.2) is 56.2 Å². The molecule has 2 bridgehead atoms. The molecule has 3 aliphatic rings. The van der Waals surface area contributed by atoms with E-state index in [0.29, 0.717) is 34.6 Å². The van der Waals surface area contributed by atoms with Gasteiger partial charge in [-0.15, -0.1) is 22.7 Å². The van der Waals surface area contributed by atoms with Crippen LogP contribution in [0.15, 0.2) is 23.7 Å². The van der Waals surface area contributed by atoms with E-state index >= 15 is 0 Å². The summed E-state index contributed by atoms with van der Waals surface area (Å²) in [6.07, 6.45) is 2.45. The molecule has 10 heteroatoms. The molecular formula is C20H21N5O3S2. The van der Waals surface area contributed by atoms with Gasteiger partial charge in [0.1, 0.15) is 16.9 Å². The molecule has 8 nitrogen and oxygen atoms in total. The number of ether oxygens (including phenoxy) is 1. The number of piperidine rings is 1. The third-order valence-corrected chi connectivity index (χ3v) is 7.31. The molecule has 3 aromatic rings. The predicted molar refractivity (Wildman–Crippen MR) is 115 cm³/mol. The standard InChI is InChI=1S/C20H21N5O3S2/c1-10-17(30-18(22-10)11(2)26)15-9-29-20(23-15)24-16-4-3-12(6-21-16)19(27)25-7-13-5-14(8-25)28-13/h3-4,6,9,11,13-14,26H,5,7-8H2,1-2H3,(H,21,23,24)/t11?,13-,14+. The Morgan fingerprint density at radius 3 is 2.73 bits per heavy atom. The summed E-state index contributed by atoms with van der Waals surface area (Å²) >= 11 is 2.92. The molecule has 0 aromatic carbocycles. The summed E-state index contributed by atoms with van der Waals surface area (Å²) < 4.78 is 5.59. The first-order valence-electron chi connectivity index (χ1n) is 9.75. The summed E-state index contributed by atoms with van der Waals surface area (Å²) in [5.41, 5.74) is 2.25. The molecule has 6 heterocycles. The molecule has 2 N–H and O–H groups in total. The number of fused-ring (bicyclic) bond motifs is 2. The van der Waals surface area contributed by atoms with Crippen LogP contribution in [0.1, 0.15) is 40.5 Å². The lowest BCUT2D eigenvalue weighted by molar-refractivity contribution is -0.171. The average molecular weight is 444 g/mol. The van der Waals surface area contributed by atoms with Crippen LogP contribution in [0.2, 0.25) is 0 Å². The van der Waals surface area contributed by atoms with Crippen molar-refractivity contribution in [2.45, 2.75) is 38.6 Å². The number of carbonyl (C=O) groups excluding carboxylic acids is 1. The average Bonchev–Trinajstić information content (AvgIpc) is 3.34. The molecule has 1 unspecified atom stereocenters. The number of hydrogen-bond acceptors (Lipinski definition) is 9. The zero-order valence-corrected chi connectivity index (χ0v) is 18.2. The molecule has 3 atom stereocenters. The van der Waals surface area contributed by atoms with Crippen LogP contribution in [0.5, 0.6) is 0 Å². The van der Waals surface area contributed by atoms with Crippen molar-refractivity contribution in [3.8, 4) is 10.6 Å². The van der Waals surface area contributed by atoms with Crippen molar-refractivity contribution in [3.63, 3.8) is 0 Å². The van der Waals surface area contributed by atoms with E-state index in [9.17, 15) is 9.90 Å². The van der Waals surface area contributed by atoms with E-state index < -0.39 is 6.10 Å². The van der Waals surface area contributed by atoms with Crippen LogP contribution in [0, 0.1) is 6.92 Å². The van der Waals surface area contributed by atoms with Gasteiger partial charge in [-0.2, -0.15) is 0 Å². The maximum absolute atomic E-state index is 12.7. The van der Waals surface area contributed by atoms with Gasteiger partial charge in [-0.1, -0.05) is 0 Å². The number of amides is 1. The Morgan fingerprint density at radius 1 is 1.33 bits per heavy atom. The Morgan fingerprint density at radius 2 is 2.10 bits per heavy atom. The van der Waals surface area contributed by atoms with E-state index in [-0.39, 0.29) is 18.1 Å². The van der Waals surface area contributed by atoms with Gasteiger partial charge in [0.2, 0.25) is 0 Å². The van der Waals surface area contributed by atoms with E-state index in [0.717, 1.165) is 22.7 Å². The smallest absolute Gasteiger partial charge is 0.255 e. The van der Waals surface area contributed by atoms with Crippen molar-refractivity contribution >= 4 is 39.5 Å². The van der Waals surface area contributed by atoms with Crippen molar-refractivity contribution in [1.29, 1.82) is 0 Å². The Labute approximate surface area is 181 Å². The van der Waals surface area contributed by atoms with Crippen molar-refractivity contribution in [3.05, 3.63) is 40.0 Å². The van der Waals surface area contributed by atoms with Gasteiger partial charge in [0.05, 0.1) is 34.0 Å². The first kappa shape index (κ1) is 19.6. The van der Waals surface area contributed by atoms with Crippen molar-refractivity contribution in [2.24, 2.45) is 0 Å². The van der Waals surface area contributed by atoms with E-state index in [4.69, 9.17) is 4.74 Å². The minimum atomic E-state index is -0.590. The number of morpholine rings is 1. The number of thiazole rings is 2. The third-order valence-electron chi connectivity index (χ3n) is 5.20. The molecule has 0 aliphatic carbocycles. The van der Waals surface area contributed by atoms with E-state index in [1.807, 2.05) is 17.2 Å². The summed E-state index contributed by atoms with van der Waals surface area (Å²) in [6, 6.07) is 3.58. The quantitative estimate of drug-likeness (QED) is 0.623. The number of aliphatic hydroxyl groups is 1. The number of aryl methyl sites for hydroxylation is 1. The van der Waals surface area contributed by atoms with Crippen LogP contribution in [0.4, 0.5) is 10.9 Å². The Hall–Kier alpha value is -2.40. The molecule has 3 saturated heterocycles. The first-order valence-corrected chi connectivity index (χ1v) is 11.4. The molecule has 3 aliphatic heterocycles. The minimum Gasteiger partial charge on any atom is -0.386 e. The summed E-state index contributed by atoms with van der Waals surface area (Å²) in [7, 11) is 0. The molecule has 0 saturated carbocycles. The number of anilines is 2. The summed E-state index contributed by atoms with van der Waals surface area (Å²) in [4.78, 5) is 28.9. The maximum atomic E-state index is 12.7. The summed E-state index contributed by atoms with van der Waals surface area (Å²) in [6.45, 7) is 4.94. The molecule has 0 spiro atoms. The van der Waals surface area contributed by atoms with Gasteiger partial charge in [-0.25, -0.2) is 15.0 Å². The van der Waals surface area contributed by atoms with Gasteiger partial charge in [0, 0.05) is 31.1 Å².